The number of rotatable bonds is 4. The first-order chi connectivity index (χ1) is 8.25. The standard InChI is InChI=1S/C15H16NO/c1-16(2)14-9-6-10-15(11-14)17-12-13-7-4-3-5-8-13/h3-9,11H,12H2,1-2H3. The Hall–Kier alpha value is -1.96. The van der Waals surface area contributed by atoms with Crippen molar-refractivity contribution in [2.75, 3.05) is 19.0 Å². The predicted octanol–water partition coefficient (Wildman–Crippen LogP) is 3.13. The van der Waals surface area contributed by atoms with Crippen molar-refractivity contribution in [2.24, 2.45) is 0 Å². The van der Waals surface area contributed by atoms with Crippen LogP contribution in [0, 0.1) is 6.07 Å². The Kier molecular flexibility index (Phi) is 3.66. The van der Waals surface area contributed by atoms with E-state index in [0.29, 0.717) is 6.61 Å². The van der Waals surface area contributed by atoms with Gasteiger partial charge in [0.2, 0.25) is 0 Å². The zero-order chi connectivity index (χ0) is 12.1. The van der Waals surface area contributed by atoms with Crippen molar-refractivity contribution in [3.63, 3.8) is 0 Å². The van der Waals surface area contributed by atoms with Gasteiger partial charge in [-0.15, -0.1) is 0 Å². The van der Waals surface area contributed by atoms with E-state index >= 15 is 0 Å². The molecule has 2 aromatic rings. The van der Waals surface area contributed by atoms with Gasteiger partial charge in [-0.1, -0.05) is 30.3 Å². The highest BCUT2D eigenvalue weighted by atomic mass is 16.5. The van der Waals surface area contributed by atoms with Gasteiger partial charge in [0.15, 0.2) is 0 Å². The monoisotopic (exact) mass is 226 g/mol. The van der Waals surface area contributed by atoms with E-state index in [2.05, 4.69) is 18.2 Å². The number of nitrogens with zero attached hydrogens (tertiary/aromatic N) is 1. The molecule has 2 rings (SSSR count). The van der Waals surface area contributed by atoms with E-state index in [4.69, 9.17) is 4.74 Å². The quantitative estimate of drug-likeness (QED) is 0.794. The fraction of sp³-hybridized carbons (Fsp3) is 0.200. The largest absolute Gasteiger partial charge is 0.488 e. The van der Waals surface area contributed by atoms with E-state index in [1.54, 1.807) is 0 Å². The van der Waals surface area contributed by atoms with Crippen LogP contribution in [0.2, 0.25) is 0 Å². The fourth-order valence-electron chi connectivity index (χ4n) is 1.53. The van der Waals surface area contributed by atoms with Gasteiger partial charge < -0.3 is 9.64 Å². The van der Waals surface area contributed by atoms with Crippen LogP contribution in [0.5, 0.6) is 5.75 Å². The van der Waals surface area contributed by atoms with Gasteiger partial charge >= 0.3 is 0 Å². The van der Waals surface area contributed by atoms with Crippen LogP contribution in [-0.2, 0) is 6.61 Å². The molecule has 0 aliphatic rings. The smallest absolute Gasteiger partial charge is 0.129 e. The van der Waals surface area contributed by atoms with Crippen LogP contribution in [0.4, 0.5) is 5.69 Å². The summed E-state index contributed by atoms with van der Waals surface area (Å²) in [7, 11) is 4.02. The first-order valence-corrected chi connectivity index (χ1v) is 5.61. The summed E-state index contributed by atoms with van der Waals surface area (Å²) in [5.74, 6) is 0.778. The lowest BCUT2D eigenvalue weighted by Gasteiger charge is -2.13. The average Bonchev–Trinajstić information content (AvgIpc) is 2.38. The zero-order valence-electron chi connectivity index (χ0n) is 10.2. The number of anilines is 1. The van der Waals surface area contributed by atoms with E-state index in [-0.39, 0.29) is 0 Å². The lowest BCUT2D eigenvalue weighted by Crippen LogP contribution is -2.08. The Morgan fingerprint density at radius 3 is 2.59 bits per heavy atom. The maximum atomic E-state index is 5.70. The van der Waals surface area contributed by atoms with E-state index < -0.39 is 0 Å². The topological polar surface area (TPSA) is 12.5 Å². The number of hydrogen-bond donors (Lipinski definition) is 0. The summed E-state index contributed by atoms with van der Waals surface area (Å²) in [6, 6.07) is 19.1. The van der Waals surface area contributed by atoms with Crippen LogP contribution >= 0.6 is 0 Å². The normalized spacial score (nSPS) is 10.0. The molecule has 0 heterocycles. The maximum Gasteiger partial charge on any atom is 0.129 e. The minimum atomic E-state index is 0.578. The Bertz CT molecular complexity index is 465. The summed E-state index contributed by atoms with van der Waals surface area (Å²) in [6.45, 7) is 0.578. The predicted molar refractivity (Wildman–Crippen MR) is 70.4 cm³/mol. The lowest BCUT2D eigenvalue weighted by atomic mass is 10.2. The molecule has 2 aromatic carbocycles. The third-order valence-corrected chi connectivity index (χ3v) is 2.51. The molecule has 87 valence electrons. The molecule has 0 unspecified atom stereocenters. The molecule has 0 bridgehead atoms. The number of benzene rings is 2. The fourth-order valence-corrected chi connectivity index (χ4v) is 1.53. The summed E-state index contributed by atoms with van der Waals surface area (Å²) in [4.78, 5) is 2.04. The molecular formula is C15H16NO. The summed E-state index contributed by atoms with van der Waals surface area (Å²) in [5.41, 5.74) is 2.28. The first-order valence-electron chi connectivity index (χ1n) is 5.61. The molecule has 0 fully saturated rings. The molecule has 0 saturated carbocycles. The maximum absolute atomic E-state index is 5.70. The molecule has 0 atom stereocenters. The van der Waals surface area contributed by atoms with Gasteiger partial charge in [0, 0.05) is 31.9 Å². The molecular weight excluding hydrogens is 210 g/mol. The summed E-state index contributed by atoms with van der Waals surface area (Å²) in [5, 5.41) is 0. The number of ether oxygens (including phenoxy) is 1. The Balaban J connectivity index is 2.02. The Labute approximate surface area is 102 Å². The highest BCUT2D eigenvalue weighted by molar-refractivity contribution is 5.48. The molecule has 0 spiro atoms. The Morgan fingerprint density at radius 2 is 1.88 bits per heavy atom. The molecule has 0 aliphatic carbocycles. The molecule has 0 amide bonds. The zero-order valence-corrected chi connectivity index (χ0v) is 10.2. The first kappa shape index (κ1) is 11.5. The molecule has 0 N–H and O–H groups in total. The molecule has 1 radical (unpaired) electrons. The van der Waals surface area contributed by atoms with Crippen LogP contribution < -0.4 is 9.64 Å². The molecule has 2 nitrogen and oxygen atoms in total. The second-order valence-corrected chi connectivity index (χ2v) is 4.08. The molecule has 0 aromatic heterocycles. The van der Waals surface area contributed by atoms with Gasteiger partial charge in [0.1, 0.15) is 12.4 Å². The van der Waals surface area contributed by atoms with Crippen molar-refractivity contribution >= 4 is 5.69 Å². The molecule has 0 saturated heterocycles. The van der Waals surface area contributed by atoms with Crippen molar-refractivity contribution in [1.82, 2.24) is 0 Å². The van der Waals surface area contributed by atoms with Crippen molar-refractivity contribution in [1.29, 1.82) is 0 Å². The van der Waals surface area contributed by atoms with Crippen molar-refractivity contribution in [3.8, 4) is 5.75 Å². The van der Waals surface area contributed by atoms with Crippen molar-refractivity contribution in [2.45, 2.75) is 6.61 Å². The summed E-state index contributed by atoms with van der Waals surface area (Å²) in [6.07, 6.45) is 0. The summed E-state index contributed by atoms with van der Waals surface area (Å²) >= 11 is 0. The van der Waals surface area contributed by atoms with E-state index in [9.17, 15) is 0 Å². The minimum absolute atomic E-state index is 0.578. The van der Waals surface area contributed by atoms with Crippen LogP contribution in [0.3, 0.4) is 0 Å². The average molecular weight is 226 g/mol. The highest BCUT2D eigenvalue weighted by Crippen LogP contribution is 2.19. The third kappa shape index (κ3) is 3.25. The highest BCUT2D eigenvalue weighted by Gasteiger charge is 1.99. The van der Waals surface area contributed by atoms with Crippen LogP contribution in [0.15, 0.2) is 48.5 Å². The van der Waals surface area contributed by atoms with Crippen LogP contribution in [-0.4, -0.2) is 14.1 Å². The van der Waals surface area contributed by atoms with E-state index in [0.717, 1.165) is 17.0 Å². The van der Waals surface area contributed by atoms with E-state index in [1.807, 2.05) is 55.4 Å². The van der Waals surface area contributed by atoms with Crippen LogP contribution in [0.1, 0.15) is 5.56 Å². The van der Waals surface area contributed by atoms with Crippen molar-refractivity contribution in [3.05, 3.63) is 60.2 Å². The Morgan fingerprint density at radius 1 is 1.12 bits per heavy atom. The van der Waals surface area contributed by atoms with Crippen LogP contribution in [0.25, 0.3) is 0 Å². The summed E-state index contributed by atoms with van der Waals surface area (Å²) < 4.78 is 5.70. The SMILES string of the molecule is CN(C)c1cc[c]c(OCc2ccccc2)c1. The third-order valence-electron chi connectivity index (χ3n) is 2.51. The van der Waals surface area contributed by atoms with E-state index in [1.165, 1.54) is 0 Å². The van der Waals surface area contributed by atoms with Crippen molar-refractivity contribution < 1.29 is 4.74 Å². The van der Waals surface area contributed by atoms with Gasteiger partial charge in [-0.3, -0.25) is 0 Å². The van der Waals surface area contributed by atoms with Gasteiger partial charge in [-0.25, -0.2) is 0 Å². The number of hydrogen-bond acceptors (Lipinski definition) is 2. The lowest BCUT2D eigenvalue weighted by molar-refractivity contribution is 0.305. The molecule has 2 heteroatoms. The second kappa shape index (κ2) is 5.39. The van der Waals surface area contributed by atoms with Gasteiger partial charge in [-0.2, -0.15) is 0 Å². The van der Waals surface area contributed by atoms with Gasteiger partial charge in [-0.05, 0) is 17.7 Å². The minimum Gasteiger partial charge on any atom is -0.488 e. The molecule has 17 heavy (non-hydrogen) atoms. The van der Waals surface area contributed by atoms with Gasteiger partial charge in [0.25, 0.3) is 0 Å². The second-order valence-electron chi connectivity index (χ2n) is 4.08. The molecule has 0 aliphatic heterocycles. The van der Waals surface area contributed by atoms with Gasteiger partial charge in [0.05, 0.1) is 0 Å².